The van der Waals surface area contributed by atoms with Crippen molar-refractivity contribution in [3.63, 3.8) is 0 Å². The largest absolute Gasteiger partial charge is 0.460 e. The number of carbonyl (C=O) groups excluding carboxylic acids is 1. The second kappa shape index (κ2) is 6.74. The monoisotopic (exact) mass is 324 g/mol. The zero-order valence-corrected chi connectivity index (χ0v) is 14.1. The number of aryl methyl sites for hydroxylation is 1. The maximum atomic E-state index is 12.3. The Morgan fingerprint density at radius 3 is 2.83 bits per heavy atom. The van der Waals surface area contributed by atoms with E-state index in [1.807, 2.05) is 37.2 Å². The van der Waals surface area contributed by atoms with Crippen LogP contribution < -0.4 is 0 Å². The summed E-state index contributed by atoms with van der Waals surface area (Å²) in [5.41, 5.74) is 5.08. The average Bonchev–Trinajstić information content (AvgIpc) is 3.20. The van der Waals surface area contributed by atoms with Crippen LogP contribution in [0.3, 0.4) is 0 Å². The van der Waals surface area contributed by atoms with Gasteiger partial charge in [0, 0.05) is 37.5 Å². The molecule has 0 spiro atoms. The molecule has 5 nitrogen and oxygen atoms in total. The minimum absolute atomic E-state index is 0.147. The molecule has 124 valence electrons. The minimum atomic E-state index is -0.147. The molecule has 1 aromatic heterocycles. The van der Waals surface area contributed by atoms with Crippen molar-refractivity contribution in [1.29, 1.82) is 0 Å². The van der Waals surface area contributed by atoms with Crippen LogP contribution in [-0.4, -0.2) is 37.6 Å². The van der Waals surface area contributed by atoms with Gasteiger partial charge >= 0.3 is 0 Å². The fraction of sp³-hybridized carbons (Fsp3) is 0.263. The normalized spacial score (nSPS) is 15.0. The van der Waals surface area contributed by atoms with Crippen molar-refractivity contribution in [2.75, 3.05) is 21.2 Å². The lowest BCUT2D eigenvalue weighted by Gasteiger charge is -2.05. The summed E-state index contributed by atoms with van der Waals surface area (Å²) in [6, 6.07) is 7.96. The van der Waals surface area contributed by atoms with Gasteiger partial charge in [0.15, 0.2) is 5.76 Å². The fourth-order valence-corrected chi connectivity index (χ4v) is 2.86. The molecule has 0 saturated carbocycles. The van der Waals surface area contributed by atoms with E-state index in [0.717, 1.165) is 35.2 Å². The molecule has 0 fully saturated rings. The molecule has 0 radical (unpaired) electrons. The highest BCUT2D eigenvalue weighted by Crippen LogP contribution is 2.31. The SMILES string of the molecule is CON=C1CCc2cc(-c3ccoc3C(=O)/C=C/N(C)C)ccc21. The molecule has 1 aliphatic carbocycles. The summed E-state index contributed by atoms with van der Waals surface area (Å²) in [5.74, 6) is 0.211. The number of rotatable bonds is 5. The second-order valence-electron chi connectivity index (χ2n) is 5.90. The molecular formula is C19H20N2O3. The lowest BCUT2D eigenvalue weighted by Crippen LogP contribution is -2.03. The number of furan rings is 1. The smallest absolute Gasteiger partial charge is 0.223 e. The molecule has 1 heterocycles. The van der Waals surface area contributed by atoms with Gasteiger partial charge in [0.2, 0.25) is 5.78 Å². The first-order chi connectivity index (χ1) is 11.6. The van der Waals surface area contributed by atoms with E-state index in [9.17, 15) is 4.79 Å². The molecule has 0 aliphatic heterocycles. The molecule has 0 bridgehead atoms. The Morgan fingerprint density at radius 2 is 2.08 bits per heavy atom. The third kappa shape index (κ3) is 3.11. The lowest BCUT2D eigenvalue weighted by atomic mass is 9.99. The zero-order valence-electron chi connectivity index (χ0n) is 14.1. The van der Waals surface area contributed by atoms with Gasteiger partial charge in [-0.3, -0.25) is 4.79 Å². The van der Waals surface area contributed by atoms with Crippen LogP contribution in [0, 0.1) is 0 Å². The van der Waals surface area contributed by atoms with Crippen molar-refractivity contribution >= 4 is 11.5 Å². The molecule has 0 N–H and O–H groups in total. The van der Waals surface area contributed by atoms with E-state index in [0.29, 0.717) is 5.76 Å². The maximum absolute atomic E-state index is 12.3. The summed E-state index contributed by atoms with van der Waals surface area (Å²) < 4.78 is 5.43. The molecule has 24 heavy (non-hydrogen) atoms. The van der Waals surface area contributed by atoms with Crippen molar-refractivity contribution in [2.45, 2.75) is 12.8 Å². The Bertz CT molecular complexity index is 816. The minimum Gasteiger partial charge on any atom is -0.460 e. The van der Waals surface area contributed by atoms with Gasteiger partial charge in [-0.05, 0) is 30.0 Å². The number of hydrogen-bond acceptors (Lipinski definition) is 5. The number of oxime groups is 1. The first kappa shape index (κ1) is 16.1. The molecule has 0 saturated heterocycles. The summed E-state index contributed by atoms with van der Waals surface area (Å²) >= 11 is 0. The molecule has 5 heteroatoms. The summed E-state index contributed by atoms with van der Waals surface area (Å²) in [7, 11) is 5.29. The van der Waals surface area contributed by atoms with E-state index in [-0.39, 0.29) is 5.78 Å². The molecule has 0 atom stereocenters. The maximum Gasteiger partial charge on any atom is 0.223 e. The van der Waals surface area contributed by atoms with Gasteiger partial charge in [0.25, 0.3) is 0 Å². The predicted octanol–water partition coefficient (Wildman–Crippen LogP) is 3.50. The molecule has 1 aromatic carbocycles. The van der Waals surface area contributed by atoms with Gasteiger partial charge in [-0.1, -0.05) is 23.4 Å². The molecule has 1 aliphatic rings. The van der Waals surface area contributed by atoms with Crippen LogP contribution in [0.5, 0.6) is 0 Å². The number of carbonyl (C=O) groups is 1. The van der Waals surface area contributed by atoms with Crippen LogP contribution in [0.2, 0.25) is 0 Å². The third-order valence-electron chi connectivity index (χ3n) is 3.97. The van der Waals surface area contributed by atoms with Crippen LogP contribution in [0.1, 0.15) is 28.1 Å². The number of fused-ring (bicyclic) bond motifs is 1. The third-order valence-corrected chi connectivity index (χ3v) is 3.97. The number of benzene rings is 1. The van der Waals surface area contributed by atoms with Crippen LogP contribution in [0.15, 0.2) is 52.4 Å². The van der Waals surface area contributed by atoms with Crippen LogP contribution >= 0.6 is 0 Å². The van der Waals surface area contributed by atoms with Crippen molar-refractivity contribution in [2.24, 2.45) is 5.16 Å². The van der Waals surface area contributed by atoms with Crippen LogP contribution in [0.4, 0.5) is 0 Å². The molecule has 2 aromatic rings. The standard InChI is InChI=1S/C19H20N2O3/c1-21(2)10-8-18(22)19-16(9-11-24-19)14-4-6-15-13(12-14)5-7-17(15)20-23-3/h4,6,8-12H,5,7H2,1-3H3/b10-8+,20-17?. The topological polar surface area (TPSA) is 55.0 Å². The van der Waals surface area contributed by atoms with Crippen molar-refractivity contribution in [3.8, 4) is 11.1 Å². The Labute approximate surface area is 141 Å². The molecule has 0 unspecified atom stereocenters. The Hall–Kier alpha value is -2.82. The van der Waals surface area contributed by atoms with Crippen LogP contribution in [-0.2, 0) is 11.3 Å². The van der Waals surface area contributed by atoms with E-state index in [1.54, 1.807) is 19.6 Å². The highest BCUT2D eigenvalue weighted by atomic mass is 16.6. The molecule has 0 amide bonds. The summed E-state index contributed by atoms with van der Waals surface area (Å²) in [5, 5.41) is 4.07. The highest BCUT2D eigenvalue weighted by Gasteiger charge is 2.21. The molecular weight excluding hydrogens is 304 g/mol. The second-order valence-corrected chi connectivity index (χ2v) is 5.90. The summed E-state index contributed by atoms with van der Waals surface area (Å²) in [6.07, 6.45) is 6.57. The van der Waals surface area contributed by atoms with E-state index in [2.05, 4.69) is 11.2 Å². The number of nitrogens with zero attached hydrogens (tertiary/aromatic N) is 2. The fourth-order valence-electron chi connectivity index (χ4n) is 2.86. The van der Waals surface area contributed by atoms with Crippen molar-refractivity contribution in [3.05, 3.63) is 59.7 Å². The van der Waals surface area contributed by atoms with Crippen molar-refractivity contribution in [1.82, 2.24) is 4.90 Å². The summed E-state index contributed by atoms with van der Waals surface area (Å²) in [6.45, 7) is 0. The first-order valence-electron chi connectivity index (χ1n) is 7.80. The number of ketones is 1. The van der Waals surface area contributed by atoms with Crippen molar-refractivity contribution < 1.29 is 14.0 Å². The van der Waals surface area contributed by atoms with Gasteiger partial charge in [-0.25, -0.2) is 0 Å². The van der Waals surface area contributed by atoms with Gasteiger partial charge in [-0.2, -0.15) is 0 Å². The van der Waals surface area contributed by atoms with Crippen LogP contribution in [0.25, 0.3) is 11.1 Å². The quantitative estimate of drug-likeness (QED) is 0.480. The van der Waals surface area contributed by atoms with E-state index < -0.39 is 0 Å². The van der Waals surface area contributed by atoms with E-state index in [4.69, 9.17) is 9.25 Å². The Balaban J connectivity index is 1.93. The zero-order chi connectivity index (χ0) is 17.1. The molecule has 3 rings (SSSR count). The Morgan fingerprint density at radius 1 is 1.25 bits per heavy atom. The lowest BCUT2D eigenvalue weighted by molar-refractivity contribution is 0.102. The average molecular weight is 324 g/mol. The summed E-state index contributed by atoms with van der Waals surface area (Å²) in [4.78, 5) is 19.0. The van der Waals surface area contributed by atoms with Gasteiger partial charge in [0.1, 0.15) is 7.11 Å². The number of allylic oxidation sites excluding steroid dienone is 1. The van der Waals surface area contributed by atoms with E-state index in [1.165, 1.54) is 11.6 Å². The predicted molar refractivity (Wildman–Crippen MR) is 93.2 cm³/mol. The van der Waals surface area contributed by atoms with Gasteiger partial charge in [0.05, 0.1) is 12.0 Å². The Kier molecular flexibility index (Phi) is 4.51. The highest BCUT2D eigenvalue weighted by molar-refractivity contribution is 6.08. The van der Waals surface area contributed by atoms with E-state index >= 15 is 0 Å². The van der Waals surface area contributed by atoms with Gasteiger partial charge < -0.3 is 14.2 Å². The van der Waals surface area contributed by atoms with Gasteiger partial charge in [-0.15, -0.1) is 0 Å². The first-order valence-corrected chi connectivity index (χ1v) is 7.80. The number of hydrogen-bond donors (Lipinski definition) is 0.